The highest BCUT2D eigenvalue weighted by molar-refractivity contribution is 5.79. The van der Waals surface area contributed by atoms with Crippen molar-refractivity contribution in [3.63, 3.8) is 0 Å². The molecule has 1 N–H and O–H groups in total. The molecule has 0 spiro atoms. The van der Waals surface area contributed by atoms with Gasteiger partial charge in [-0.1, -0.05) is 36.4 Å². The molecule has 6 heteroatoms. The highest BCUT2D eigenvalue weighted by atomic mass is 16.5. The van der Waals surface area contributed by atoms with Gasteiger partial charge in [0.1, 0.15) is 6.61 Å². The van der Waals surface area contributed by atoms with Gasteiger partial charge >= 0.3 is 0 Å². The maximum Gasteiger partial charge on any atom is 0.252 e. The average molecular weight is 353 g/mol. The zero-order valence-corrected chi connectivity index (χ0v) is 14.9. The number of pyridine rings is 1. The number of benzene rings is 1. The normalized spacial score (nSPS) is 26.6. The van der Waals surface area contributed by atoms with E-state index in [4.69, 9.17) is 4.74 Å². The van der Waals surface area contributed by atoms with Crippen LogP contribution < -0.4 is 5.56 Å². The van der Waals surface area contributed by atoms with Crippen LogP contribution in [0.3, 0.4) is 0 Å². The van der Waals surface area contributed by atoms with Crippen molar-refractivity contribution in [1.82, 2.24) is 14.8 Å². The first-order valence-corrected chi connectivity index (χ1v) is 8.94. The van der Waals surface area contributed by atoms with E-state index in [0.29, 0.717) is 13.1 Å². The van der Waals surface area contributed by atoms with Crippen LogP contribution in [-0.2, 0) is 21.6 Å². The number of piperidine rings is 1. The Bertz CT molecular complexity index is 851. The van der Waals surface area contributed by atoms with Crippen molar-refractivity contribution in [1.29, 1.82) is 0 Å². The lowest BCUT2D eigenvalue weighted by atomic mass is 9.76. The summed E-state index contributed by atoms with van der Waals surface area (Å²) in [5.41, 5.74) is 1.36. The minimum Gasteiger partial charge on any atom is -0.364 e. The lowest BCUT2D eigenvalue weighted by molar-refractivity contribution is -0.183. The van der Waals surface area contributed by atoms with Crippen LogP contribution in [0.5, 0.6) is 0 Å². The topological polar surface area (TPSA) is 65.6 Å². The van der Waals surface area contributed by atoms with Crippen LogP contribution in [0.4, 0.5) is 0 Å². The summed E-state index contributed by atoms with van der Waals surface area (Å²) in [7, 11) is 1.88. The Hall–Kier alpha value is -2.44. The van der Waals surface area contributed by atoms with Gasteiger partial charge in [-0.2, -0.15) is 0 Å². The van der Waals surface area contributed by atoms with E-state index < -0.39 is 5.54 Å². The fourth-order valence-electron chi connectivity index (χ4n) is 4.25. The van der Waals surface area contributed by atoms with Crippen molar-refractivity contribution in [2.24, 2.45) is 0 Å². The molecule has 3 heterocycles. The Morgan fingerprint density at radius 1 is 1.19 bits per heavy atom. The van der Waals surface area contributed by atoms with Crippen molar-refractivity contribution >= 4 is 5.91 Å². The lowest BCUT2D eigenvalue weighted by Crippen LogP contribution is -2.66. The number of nitrogens with zero attached hydrogens (tertiary/aromatic N) is 2. The molecule has 26 heavy (non-hydrogen) atoms. The fraction of sp³-hybridized carbons (Fsp3) is 0.400. The number of likely N-dealkylation sites (tertiary alicyclic amines) is 1. The molecule has 1 aromatic carbocycles. The van der Waals surface area contributed by atoms with Crippen LogP contribution in [-0.4, -0.2) is 53.5 Å². The smallest absolute Gasteiger partial charge is 0.252 e. The summed E-state index contributed by atoms with van der Waals surface area (Å²) in [5.74, 6) is 0.0121. The van der Waals surface area contributed by atoms with Crippen LogP contribution in [0.15, 0.2) is 53.5 Å². The second-order valence-corrected chi connectivity index (χ2v) is 7.05. The van der Waals surface area contributed by atoms with Gasteiger partial charge in [-0.3, -0.25) is 14.5 Å². The Kier molecular flexibility index (Phi) is 4.38. The highest BCUT2D eigenvalue weighted by Crippen LogP contribution is 2.42. The molecule has 2 aromatic rings. The van der Waals surface area contributed by atoms with Crippen molar-refractivity contribution in [3.8, 4) is 0 Å². The van der Waals surface area contributed by atoms with Crippen LogP contribution in [0.1, 0.15) is 17.5 Å². The van der Waals surface area contributed by atoms with E-state index in [2.05, 4.69) is 22.0 Å². The molecule has 2 aliphatic rings. The number of likely N-dealkylation sites (N-methyl/N-ethyl adjacent to an activating group) is 1. The summed E-state index contributed by atoms with van der Waals surface area (Å²) in [6.07, 6.45) is 2.30. The van der Waals surface area contributed by atoms with Crippen LogP contribution >= 0.6 is 0 Å². The number of aromatic amines is 1. The summed E-state index contributed by atoms with van der Waals surface area (Å²) in [4.78, 5) is 31.2. The maximum atomic E-state index is 12.4. The van der Waals surface area contributed by atoms with Crippen molar-refractivity contribution < 1.29 is 9.53 Å². The molecular formula is C20H23N3O3. The molecule has 2 atom stereocenters. The summed E-state index contributed by atoms with van der Waals surface area (Å²) >= 11 is 0. The predicted octanol–water partition coefficient (Wildman–Crippen LogP) is 1.33. The van der Waals surface area contributed by atoms with E-state index in [9.17, 15) is 9.59 Å². The number of nitrogens with one attached hydrogen (secondary N) is 1. The monoisotopic (exact) mass is 353 g/mol. The number of H-pyrrole nitrogens is 1. The maximum absolute atomic E-state index is 12.4. The molecule has 2 aliphatic heterocycles. The number of rotatable bonds is 3. The van der Waals surface area contributed by atoms with Gasteiger partial charge in [-0.25, -0.2) is 0 Å². The number of carbonyl (C=O) groups is 1. The summed E-state index contributed by atoms with van der Waals surface area (Å²) in [5, 5.41) is 0. The van der Waals surface area contributed by atoms with E-state index in [-0.39, 0.29) is 24.2 Å². The second-order valence-electron chi connectivity index (χ2n) is 7.05. The molecule has 1 amide bonds. The number of hydrogen-bond acceptors (Lipinski definition) is 4. The van der Waals surface area contributed by atoms with Gasteiger partial charge in [0, 0.05) is 38.4 Å². The molecule has 0 radical (unpaired) electrons. The number of morpholine rings is 1. The first-order valence-electron chi connectivity index (χ1n) is 8.94. The molecule has 0 unspecified atom stereocenters. The molecule has 1 aromatic heterocycles. The molecule has 2 fully saturated rings. The summed E-state index contributed by atoms with van der Waals surface area (Å²) < 4.78 is 6.00. The van der Waals surface area contributed by atoms with E-state index >= 15 is 0 Å². The summed E-state index contributed by atoms with van der Waals surface area (Å²) in [6, 6.07) is 13.8. The highest BCUT2D eigenvalue weighted by Gasteiger charge is 2.52. The van der Waals surface area contributed by atoms with Crippen LogP contribution in [0.25, 0.3) is 0 Å². The summed E-state index contributed by atoms with van der Waals surface area (Å²) in [6.45, 7) is 2.16. The minimum absolute atomic E-state index is 0.0121. The fourth-order valence-corrected chi connectivity index (χ4v) is 4.25. The molecule has 4 rings (SSSR count). The van der Waals surface area contributed by atoms with E-state index in [0.717, 1.165) is 24.1 Å². The minimum atomic E-state index is -0.448. The number of ether oxygens (including phenoxy) is 1. The largest absolute Gasteiger partial charge is 0.364 e. The quantitative estimate of drug-likeness (QED) is 0.904. The predicted molar refractivity (Wildman–Crippen MR) is 97.6 cm³/mol. The molecule has 0 aliphatic carbocycles. The number of fused-ring (bicyclic) bond motifs is 1. The Balaban J connectivity index is 1.63. The first-order chi connectivity index (χ1) is 12.6. The van der Waals surface area contributed by atoms with E-state index in [1.54, 1.807) is 6.20 Å². The average Bonchev–Trinajstić information content (AvgIpc) is 2.67. The SMILES string of the molecule is CN1C(=O)CO[C@@H]2CN(Cc3ccc[nH]c3=O)CC[C@]21c1ccccc1. The van der Waals surface area contributed by atoms with Gasteiger partial charge in [0.05, 0.1) is 11.6 Å². The lowest BCUT2D eigenvalue weighted by Gasteiger charge is -2.54. The van der Waals surface area contributed by atoms with Crippen molar-refractivity contribution in [2.45, 2.75) is 24.6 Å². The molecule has 6 nitrogen and oxygen atoms in total. The van der Waals surface area contributed by atoms with Crippen molar-refractivity contribution in [3.05, 3.63) is 70.1 Å². The third-order valence-electron chi connectivity index (χ3n) is 5.71. The molecule has 2 saturated heterocycles. The first kappa shape index (κ1) is 17.0. The van der Waals surface area contributed by atoms with Gasteiger partial charge in [0.2, 0.25) is 5.91 Å². The number of hydrogen-bond donors (Lipinski definition) is 1. The van der Waals surface area contributed by atoms with Gasteiger partial charge in [-0.15, -0.1) is 0 Å². The van der Waals surface area contributed by atoms with Crippen LogP contribution in [0, 0.1) is 0 Å². The molecule has 136 valence electrons. The Labute approximate surface area is 152 Å². The van der Waals surface area contributed by atoms with Crippen LogP contribution in [0.2, 0.25) is 0 Å². The second kappa shape index (κ2) is 6.70. The Morgan fingerprint density at radius 2 is 2.00 bits per heavy atom. The van der Waals surface area contributed by atoms with E-state index in [1.807, 2.05) is 42.3 Å². The standard InChI is InChI=1S/C20H23N3O3/c1-22-18(24)14-26-17-13-23(12-15-6-5-10-21-19(15)25)11-9-20(17,22)16-7-3-2-4-8-16/h2-8,10,17H,9,11-14H2,1H3,(H,21,25)/t17-,20+/m1/s1. The van der Waals surface area contributed by atoms with Crippen molar-refractivity contribution in [2.75, 3.05) is 26.7 Å². The molecule has 0 saturated carbocycles. The van der Waals surface area contributed by atoms with E-state index in [1.165, 1.54) is 0 Å². The third kappa shape index (κ3) is 2.75. The number of amides is 1. The Morgan fingerprint density at radius 3 is 2.77 bits per heavy atom. The van der Waals surface area contributed by atoms with Gasteiger partial charge in [0.15, 0.2) is 0 Å². The zero-order chi connectivity index (χ0) is 18.1. The van der Waals surface area contributed by atoms with Gasteiger partial charge in [-0.05, 0) is 18.1 Å². The third-order valence-corrected chi connectivity index (χ3v) is 5.71. The number of carbonyl (C=O) groups excluding carboxylic acids is 1. The van der Waals surface area contributed by atoms with Gasteiger partial charge < -0.3 is 14.6 Å². The zero-order valence-electron chi connectivity index (χ0n) is 14.9. The number of aromatic nitrogens is 1. The van der Waals surface area contributed by atoms with Gasteiger partial charge in [0.25, 0.3) is 5.56 Å². The molecule has 0 bridgehead atoms. The molecular weight excluding hydrogens is 330 g/mol.